The van der Waals surface area contributed by atoms with Gasteiger partial charge in [-0.25, -0.2) is 9.59 Å². The Balaban J connectivity index is 2.85. The number of carboxylic acid groups (broad SMARTS) is 1. The smallest absolute Gasteiger partial charge is 0.351 e. The fourth-order valence-electron chi connectivity index (χ4n) is 1.44. The van der Waals surface area contributed by atoms with Crippen molar-refractivity contribution in [1.82, 2.24) is 0 Å². The summed E-state index contributed by atoms with van der Waals surface area (Å²) in [6.45, 7) is 0. The number of nitro groups is 1. The molecule has 2 aromatic rings. The molecular weight excluding hydrogens is 246 g/mol. The molecule has 2 rings (SSSR count). The molecule has 0 aliphatic heterocycles. The van der Waals surface area contributed by atoms with Crippen molar-refractivity contribution in [2.75, 3.05) is 0 Å². The third-order valence-electron chi connectivity index (χ3n) is 2.26. The molecule has 18 heavy (non-hydrogen) atoms. The van der Waals surface area contributed by atoms with Crippen molar-refractivity contribution < 1.29 is 24.3 Å². The second-order valence-corrected chi connectivity index (χ2v) is 3.39. The second-order valence-electron chi connectivity index (χ2n) is 3.39. The molecule has 1 heterocycles. The number of phenols is 1. The number of rotatable bonds is 2. The van der Waals surface area contributed by atoms with Crippen LogP contribution >= 0.6 is 0 Å². The maximum Gasteiger partial charge on any atom is 0.351 e. The van der Waals surface area contributed by atoms with Gasteiger partial charge in [0.25, 0.3) is 5.69 Å². The van der Waals surface area contributed by atoms with Gasteiger partial charge in [0, 0.05) is 0 Å². The number of nitro benzene ring substituents is 1. The number of carboxylic acids is 1. The topological polar surface area (TPSA) is 131 Å². The molecule has 0 atom stereocenters. The van der Waals surface area contributed by atoms with E-state index in [9.17, 15) is 24.8 Å². The molecule has 92 valence electrons. The molecule has 1 aromatic heterocycles. The number of aromatic carboxylic acids is 1. The molecule has 0 amide bonds. The third kappa shape index (κ3) is 1.75. The lowest BCUT2D eigenvalue weighted by molar-refractivity contribution is -0.384. The minimum atomic E-state index is -1.51. The van der Waals surface area contributed by atoms with Gasteiger partial charge >= 0.3 is 11.6 Å². The molecular formula is C10H5NO7. The van der Waals surface area contributed by atoms with E-state index in [4.69, 9.17) is 5.11 Å². The van der Waals surface area contributed by atoms with Crippen molar-refractivity contribution >= 4 is 22.6 Å². The molecule has 0 saturated carbocycles. The first-order valence-electron chi connectivity index (χ1n) is 4.58. The molecule has 0 spiro atoms. The van der Waals surface area contributed by atoms with Crippen LogP contribution in [0.1, 0.15) is 10.4 Å². The van der Waals surface area contributed by atoms with Crippen LogP contribution < -0.4 is 5.63 Å². The summed E-state index contributed by atoms with van der Waals surface area (Å²) in [7, 11) is 0. The van der Waals surface area contributed by atoms with Crippen LogP contribution in [0.2, 0.25) is 0 Å². The van der Waals surface area contributed by atoms with Crippen molar-refractivity contribution in [3.05, 3.63) is 44.3 Å². The summed E-state index contributed by atoms with van der Waals surface area (Å²) < 4.78 is 4.62. The van der Waals surface area contributed by atoms with E-state index in [0.717, 1.165) is 18.2 Å². The van der Waals surface area contributed by atoms with Crippen molar-refractivity contribution in [1.29, 1.82) is 0 Å². The van der Waals surface area contributed by atoms with E-state index < -0.39 is 33.5 Å². The van der Waals surface area contributed by atoms with Gasteiger partial charge in [0.2, 0.25) is 0 Å². The Morgan fingerprint density at radius 3 is 2.56 bits per heavy atom. The van der Waals surface area contributed by atoms with Gasteiger partial charge in [-0.2, -0.15) is 0 Å². The highest BCUT2D eigenvalue weighted by Crippen LogP contribution is 2.29. The Morgan fingerprint density at radius 2 is 2.00 bits per heavy atom. The molecule has 0 radical (unpaired) electrons. The van der Waals surface area contributed by atoms with E-state index in [1.165, 1.54) is 0 Å². The lowest BCUT2D eigenvalue weighted by atomic mass is 10.1. The molecule has 0 fully saturated rings. The lowest BCUT2D eigenvalue weighted by Gasteiger charge is -2.01. The van der Waals surface area contributed by atoms with Gasteiger partial charge in [0.15, 0.2) is 0 Å². The molecule has 8 heteroatoms. The van der Waals surface area contributed by atoms with E-state index in [-0.39, 0.29) is 11.0 Å². The maximum absolute atomic E-state index is 11.3. The van der Waals surface area contributed by atoms with Gasteiger partial charge in [-0.15, -0.1) is 0 Å². The van der Waals surface area contributed by atoms with Crippen molar-refractivity contribution in [3.8, 4) is 5.75 Å². The summed E-state index contributed by atoms with van der Waals surface area (Å²) in [5, 5.41) is 28.7. The molecule has 8 nitrogen and oxygen atoms in total. The Hall–Kier alpha value is -2.90. The number of nitrogens with zero attached hydrogens (tertiary/aromatic N) is 1. The van der Waals surface area contributed by atoms with E-state index >= 15 is 0 Å². The number of phenolic OH excluding ortho intramolecular Hbond substituents is 1. The summed E-state index contributed by atoms with van der Waals surface area (Å²) in [5.74, 6) is -2.05. The number of carbonyl (C=O) groups is 1. The Kier molecular flexibility index (Phi) is 2.47. The summed E-state index contributed by atoms with van der Waals surface area (Å²) >= 11 is 0. The first-order valence-corrected chi connectivity index (χ1v) is 4.58. The minimum Gasteiger partial charge on any atom is -0.507 e. The quantitative estimate of drug-likeness (QED) is 0.464. The van der Waals surface area contributed by atoms with Crippen LogP contribution in [-0.2, 0) is 0 Å². The van der Waals surface area contributed by atoms with Crippen LogP contribution in [-0.4, -0.2) is 21.1 Å². The van der Waals surface area contributed by atoms with Gasteiger partial charge in [-0.05, 0) is 6.07 Å². The highest BCUT2D eigenvalue weighted by atomic mass is 16.6. The highest BCUT2D eigenvalue weighted by Gasteiger charge is 2.17. The van der Waals surface area contributed by atoms with Crippen LogP contribution in [0.3, 0.4) is 0 Å². The van der Waals surface area contributed by atoms with Crippen LogP contribution in [0.4, 0.5) is 5.69 Å². The van der Waals surface area contributed by atoms with E-state index in [1.807, 2.05) is 0 Å². The summed E-state index contributed by atoms with van der Waals surface area (Å²) in [5.41, 5.74) is -2.52. The summed E-state index contributed by atoms with van der Waals surface area (Å²) in [6.07, 6.45) is 0. The molecule has 0 aliphatic carbocycles. The summed E-state index contributed by atoms with van der Waals surface area (Å²) in [6, 6.07) is 2.68. The Labute approximate surface area is 97.8 Å². The zero-order valence-corrected chi connectivity index (χ0v) is 8.61. The van der Waals surface area contributed by atoms with Crippen molar-refractivity contribution in [2.45, 2.75) is 0 Å². The highest BCUT2D eigenvalue weighted by molar-refractivity contribution is 5.94. The minimum absolute atomic E-state index is 0.0856. The molecule has 1 aromatic carbocycles. The summed E-state index contributed by atoms with van der Waals surface area (Å²) in [4.78, 5) is 31.7. The molecule has 0 bridgehead atoms. The van der Waals surface area contributed by atoms with Crippen molar-refractivity contribution in [2.24, 2.45) is 0 Å². The number of benzene rings is 1. The monoisotopic (exact) mass is 251 g/mol. The zero-order chi connectivity index (χ0) is 13.4. The first-order chi connectivity index (χ1) is 8.40. The van der Waals surface area contributed by atoms with Gasteiger partial charge in [-0.3, -0.25) is 10.1 Å². The Morgan fingerprint density at radius 1 is 1.33 bits per heavy atom. The fraction of sp³-hybridized carbons (Fsp3) is 0. The first kappa shape index (κ1) is 11.6. The van der Waals surface area contributed by atoms with E-state index in [2.05, 4.69) is 4.42 Å². The average Bonchev–Trinajstić information content (AvgIpc) is 2.27. The fourth-order valence-corrected chi connectivity index (χ4v) is 1.44. The van der Waals surface area contributed by atoms with Crippen LogP contribution in [0, 0.1) is 10.1 Å². The second kappa shape index (κ2) is 3.84. The SMILES string of the molecule is O=C(O)c1cc2c(O)cc([N+](=O)[O-])cc2oc1=O. The normalized spacial score (nSPS) is 10.4. The van der Waals surface area contributed by atoms with Crippen LogP contribution in [0.5, 0.6) is 5.75 Å². The van der Waals surface area contributed by atoms with Gasteiger partial charge in [0.1, 0.15) is 16.9 Å². The lowest BCUT2D eigenvalue weighted by Crippen LogP contribution is -2.12. The van der Waals surface area contributed by atoms with Crippen molar-refractivity contribution in [3.63, 3.8) is 0 Å². The predicted molar refractivity (Wildman–Crippen MR) is 57.8 cm³/mol. The standard InChI is InChI=1S/C10H5NO7/c12-7-1-4(11(16)17)2-8-5(7)3-6(9(13)14)10(15)18-8/h1-3,12H,(H,13,14). The van der Waals surface area contributed by atoms with Crippen LogP contribution in [0.15, 0.2) is 27.4 Å². The zero-order valence-electron chi connectivity index (χ0n) is 8.61. The third-order valence-corrected chi connectivity index (χ3v) is 2.26. The molecule has 0 aliphatic rings. The van der Waals surface area contributed by atoms with Crippen LogP contribution in [0.25, 0.3) is 11.0 Å². The largest absolute Gasteiger partial charge is 0.507 e. The van der Waals surface area contributed by atoms with E-state index in [1.54, 1.807) is 0 Å². The molecule has 2 N–H and O–H groups in total. The van der Waals surface area contributed by atoms with Gasteiger partial charge < -0.3 is 14.6 Å². The number of hydrogen-bond donors (Lipinski definition) is 2. The van der Waals surface area contributed by atoms with Gasteiger partial charge in [-0.1, -0.05) is 0 Å². The Bertz CT molecular complexity index is 731. The number of hydrogen-bond acceptors (Lipinski definition) is 6. The number of aromatic hydroxyl groups is 1. The number of fused-ring (bicyclic) bond motifs is 1. The predicted octanol–water partition coefficient (Wildman–Crippen LogP) is 1.10. The van der Waals surface area contributed by atoms with E-state index in [0.29, 0.717) is 0 Å². The maximum atomic E-state index is 11.3. The molecule has 0 saturated heterocycles. The van der Waals surface area contributed by atoms with Gasteiger partial charge in [0.05, 0.1) is 22.4 Å². The number of non-ortho nitro benzene ring substituents is 1. The molecule has 0 unspecified atom stereocenters. The average molecular weight is 251 g/mol.